The fraction of sp³-hybridized carbons (Fsp3) is 1.00. The first-order chi connectivity index (χ1) is 5.97. The zero-order valence-corrected chi connectivity index (χ0v) is 11.7. The lowest BCUT2D eigenvalue weighted by atomic mass is 9.87. The Kier molecular flexibility index (Phi) is 4.21. The summed E-state index contributed by atoms with van der Waals surface area (Å²) < 4.78 is 22.1. The molecule has 2 atom stereocenters. The van der Waals surface area contributed by atoms with Crippen LogP contribution >= 0.6 is 15.9 Å². The number of aliphatic hydroxyl groups excluding tert-OH is 1. The van der Waals surface area contributed by atoms with E-state index in [-0.39, 0.29) is 5.75 Å². The van der Waals surface area contributed by atoms with Crippen LogP contribution in [0.1, 0.15) is 34.6 Å². The molecule has 1 N–H and O–H groups in total. The van der Waals surface area contributed by atoms with Crippen LogP contribution in [0.5, 0.6) is 0 Å². The summed E-state index contributed by atoms with van der Waals surface area (Å²) in [5, 5.41) is 9.95. The van der Waals surface area contributed by atoms with Crippen molar-refractivity contribution in [2.75, 3.05) is 5.75 Å². The quantitative estimate of drug-likeness (QED) is 0.807. The summed E-state index contributed by atoms with van der Waals surface area (Å²) >= 11 is 3.13. The Bertz CT molecular complexity index is 288. The van der Waals surface area contributed by atoms with Gasteiger partial charge in [-0.3, -0.25) is 0 Å². The number of sulfone groups is 1. The number of rotatable bonds is 3. The van der Waals surface area contributed by atoms with Gasteiger partial charge in [-0.25, -0.2) is 8.42 Å². The molecule has 0 amide bonds. The van der Waals surface area contributed by atoms with E-state index in [1.807, 2.05) is 20.8 Å². The van der Waals surface area contributed by atoms with Gasteiger partial charge in [0.05, 0.1) is 6.10 Å². The number of hydrogen-bond acceptors (Lipinski definition) is 3. The molecular formula is C9H19BrO3S. The average molecular weight is 287 g/mol. The van der Waals surface area contributed by atoms with Crippen molar-refractivity contribution >= 4 is 25.8 Å². The lowest BCUT2D eigenvalue weighted by molar-refractivity contribution is 0.0560. The van der Waals surface area contributed by atoms with Gasteiger partial charge in [-0.2, -0.15) is 0 Å². The van der Waals surface area contributed by atoms with Crippen LogP contribution in [0.25, 0.3) is 0 Å². The molecule has 0 saturated heterocycles. The van der Waals surface area contributed by atoms with Crippen molar-refractivity contribution in [3.05, 3.63) is 0 Å². The Balaban J connectivity index is 5.18. The van der Waals surface area contributed by atoms with E-state index in [0.717, 1.165) is 0 Å². The zero-order chi connectivity index (χ0) is 11.8. The molecule has 0 saturated carbocycles. The molecule has 0 aromatic carbocycles. The molecule has 0 aromatic rings. The van der Waals surface area contributed by atoms with E-state index >= 15 is 0 Å². The standard InChI is InChI=1S/C9H19BrO3S/c1-6-14(12,13)9(5,10)7(11)8(2,3)4/h7,11H,6H2,1-5H3. The predicted molar refractivity (Wildman–Crippen MR) is 62.3 cm³/mol. The van der Waals surface area contributed by atoms with Gasteiger partial charge in [0.25, 0.3) is 0 Å². The molecule has 0 heterocycles. The Labute approximate surface area is 94.9 Å². The van der Waals surface area contributed by atoms with Crippen molar-refractivity contribution in [1.82, 2.24) is 0 Å². The van der Waals surface area contributed by atoms with Gasteiger partial charge in [0.2, 0.25) is 0 Å². The van der Waals surface area contributed by atoms with Crippen molar-refractivity contribution in [2.45, 2.75) is 44.4 Å². The van der Waals surface area contributed by atoms with Gasteiger partial charge < -0.3 is 5.11 Å². The number of halogens is 1. The Morgan fingerprint density at radius 1 is 1.29 bits per heavy atom. The van der Waals surface area contributed by atoms with Gasteiger partial charge in [0, 0.05) is 5.75 Å². The fourth-order valence-electron chi connectivity index (χ4n) is 1.23. The highest BCUT2D eigenvalue weighted by atomic mass is 79.9. The smallest absolute Gasteiger partial charge is 0.167 e. The average Bonchev–Trinajstić information content (AvgIpc) is 2.01. The minimum atomic E-state index is -3.31. The molecule has 2 unspecified atom stereocenters. The maximum Gasteiger partial charge on any atom is 0.167 e. The highest BCUT2D eigenvalue weighted by molar-refractivity contribution is 9.11. The molecule has 86 valence electrons. The third kappa shape index (κ3) is 2.70. The highest BCUT2D eigenvalue weighted by Gasteiger charge is 2.47. The maximum absolute atomic E-state index is 11.7. The molecule has 0 radical (unpaired) electrons. The van der Waals surface area contributed by atoms with E-state index in [4.69, 9.17) is 0 Å². The first-order valence-electron chi connectivity index (χ1n) is 4.56. The fourth-order valence-corrected chi connectivity index (χ4v) is 3.86. The van der Waals surface area contributed by atoms with Crippen molar-refractivity contribution in [2.24, 2.45) is 5.41 Å². The van der Waals surface area contributed by atoms with E-state index in [1.165, 1.54) is 6.92 Å². The Morgan fingerprint density at radius 3 is 1.86 bits per heavy atom. The van der Waals surface area contributed by atoms with Gasteiger partial charge in [0.1, 0.15) is 0 Å². The molecule has 0 fully saturated rings. The van der Waals surface area contributed by atoms with E-state index in [2.05, 4.69) is 15.9 Å². The van der Waals surface area contributed by atoms with Gasteiger partial charge >= 0.3 is 0 Å². The SMILES string of the molecule is CCS(=O)(=O)C(C)(Br)C(O)C(C)(C)C. The number of hydrogen-bond donors (Lipinski definition) is 1. The summed E-state index contributed by atoms with van der Waals surface area (Å²) in [6, 6.07) is 0. The molecular weight excluding hydrogens is 268 g/mol. The molecule has 5 heteroatoms. The molecule has 0 aliphatic rings. The normalized spacial score (nSPS) is 20.2. The summed E-state index contributed by atoms with van der Waals surface area (Å²) in [7, 11) is -3.31. The van der Waals surface area contributed by atoms with Crippen LogP contribution in [0.2, 0.25) is 0 Å². The molecule has 0 aliphatic carbocycles. The van der Waals surface area contributed by atoms with E-state index in [9.17, 15) is 13.5 Å². The van der Waals surface area contributed by atoms with E-state index < -0.39 is 25.0 Å². The highest BCUT2D eigenvalue weighted by Crippen LogP contribution is 2.38. The van der Waals surface area contributed by atoms with Crippen LogP contribution < -0.4 is 0 Å². The number of aliphatic hydroxyl groups is 1. The summed E-state index contributed by atoms with van der Waals surface area (Å²) in [4.78, 5) is 0. The lowest BCUT2D eigenvalue weighted by Gasteiger charge is -2.36. The van der Waals surface area contributed by atoms with E-state index in [0.29, 0.717) is 0 Å². The van der Waals surface area contributed by atoms with Gasteiger partial charge in [-0.1, -0.05) is 43.6 Å². The van der Waals surface area contributed by atoms with Crippen LogP contribution in [0.4, 0.5) is 0 Å². The van der Waals surface area contributed by atoms with Gasteiger partial charge in [0.15, 0.2) is 13.5 Å². The second-order valence-electron chi connectivity index (χ2n) is 4.66. The summed E-state index contributed by atoms with van der Waals surface area (Å²) in [5.41, 5.74) is -0.472. The van der Waals surface area contributed by atoms with Crippen molar-refractivity contribution in [1.29, 1.82) is 0 Å². The van der Waals surface area contributed by atoms with E-state index in [1.54, 1.807) is 6.92 Å². The first kappa shape index (κ1) is 14.4. The molecule has 0 rings (SSSR count). The zero-order valence-electron chi connectivity index (χ0n) is 9.33. The second kappa shape index (κ2) is 4.10. The van der Waals surface area contributed by atoms with Crippen LogP contribution in [0.15, 0.2) is 0 Å². The summed E-state index contributed by atoms with van der Waals surface area (Å²) in [6.45, 7) is 8.50. The molecule has 3 nitrogen and oxygen atoms in total. The second-order valence-corrected chi connectivity index (χ2v) is 9.49. The Morgan fingerprint density at radius 2 is 1.64 bits per heavy atom. The molecule has 0 aliphatic heterocycles. The van der Waals surface area contributed by atoms with Gasteiger partial charge in [-0.15, -0.1) is 0 Å². The number of alkyl halides is 1. The first-order valence-corrected chi connectivity index (χ1v) is 7.00. The lowest BCUT2D eigenvalue weighted by Crippen LogP contribution is -2.48. The van der Waals surface area contributed by atoms with Crippen LogP contribution in [-0.4, -0.2) is 29.0 Å². The molecule has 0 aromatic heterocycles. The monoisotopic (exact) mass is 286 g/mol. The van der Waals surface area contributed by atoms with Crippen molar-refractivity contribution < 1.29 is 13.5 Å². The Hall–Kier alpha value is 0.390. The topological polar surface area (TPSA) is 54.4 Å². The molecule has 0 spiro atoms. The predicted octanol–water partition coefficient (Wildman–Crippen LogP) is 1.94. The van der Waals surface area contributed by atoms with Crippen LogP contribution in [0.3, 0.4) is 0 Å². The van der Waals surface area contributed by atoms with Crippen molar-refractivity contribution in [3.63, 3.8) is 0 Å². The third-order valence-electron chi connectivity index (χ3n) is 2.30. The van der Waals surface area contributed by atoms with Crippen molar-refractivity contribution in [3.8, 4) is 0 Å². The molecule has 14 heavy (non-hydrogen) atoms. The maximum atomic E-state index is 11.7. The largest absolute Gasteiger partial charge is 0.390 e. The minimum absolute atomic E-state index is 0.0158. The third-order valence-corrected chi connectivity index (χ3v) is 6.41. The summed E-state index contributed by atoms with van der Waals surface area (Å²) in [5.74, 6) is 0.0158. The van der Waals surface area contributed by atoms with Gasteiger partial charge in [-0.05, 0) is 12.3 Å². The van der Waals surface area contributed by atoms with Crippen LogP contribution in [0, 0.1) is 5.41 Å². The van der Waals surface area contributed by atoms with Crippen LogP contribution in [-0.2, 0) is 9.84 Å². The minimum Gasteiger partial charge on any atom is -0.390 e. The molecule has 0 bridgehead atoms. The summed E-state index contributed by atoms with van der Waals surface area (Å²) in [6.07, 6.45) is -0.944.